The largest absolute Gasteiger partial charge is 0.464 e. The lowest BCUT2D eigenvalue weighted by atomic mass is 10.2. The smallest absolute Gasteiger partial charge is 0.325 e. The van der Waals surface area contributed by atoms with Crippen LogP contribution >= 0.6 is 0 Å². The number of carbonyl (C=O) groups is 4. The molecule has 0 spiro atoms. The predicted octanol–water partition coefficient (Wildman–Crippen LogP) is 3.28. The highest BCUT2D eigenvalue weighted by Gasteiger charge is 2.08. The molecule has 182 valence electrons. The van der Waals surface area contributed by atoms with Gasteiger partial charge in [-0.1, -0.05) is 36.4 Å². The summed E-state index contributed by atoms with van der Waals surface area (Å²) in [6, 6.07) is 16.8. The third kappa shape index (κ3) is 12.1. The van der Waals surface area contributed by atoms with Gasteiger partial charge in [0.15, 0.2) is 0 Å². The van der Waals surface area contributed by atoms with Gasteiger partial charge in [-0.15, -0.1) is 0 Å². The number of urea groups is 2. The fourth-order valence-electron chi connectivity index (χ4n) is 2.73. The van der Waals surface area contributed by atoms with E-state index in [-0.39, 0.29) is 26.3 Å². The molecule has 0 radical (unpaired) electrons. The van der Waals surface area contributed by atoms with Crippen molar-refractivity contribution in [1.29, 1.82) is 0 Å². The van der Waals surface area contributed by atoms with Gasteiger partial charge >= 0.3 is 24.0 Å². The van der Waals surface area contributed by atoms with Crippen LogP contribution in [0.15, 0.2) is 60.7 Å². The van der Waals surface area contributed by atoms with Gasteiger partial charge in [0.25, 0.3) is 0 Å². The number of nitrogens with one attached hydrogen (secondary N) is 4. The van der Waals surface area contributed by atoms with E-state index in [9.17, 15) is 19.2 Å². The van der Waals surface area contributed by atoms with E-state index in [1.54, 1.807) is 48.5 Å². The third-order valence-corrected chi connectivity index (χ3v) is 4.41. The van der Waals surface area contributed by atoms with E-state index >= 15 is 0 Å². The highest BCUT2D eigenvalue weighted by atomic mass is 16.5. The number of esters is 2. The molecule has 0 saturated carbocycles. The molecule has 0 aliphatic heterocycles. The first-order valence-corrected chi connectivity index (χ1v) is 11.0. The lowest BCUT2D eigenvalue weighted by molar-refractivity contribution is -0.143. The molecule has 34 heavy (non-hydrogen) atoms. The van der Waals surface area contributed by atoms with Crippen LogP contribution in [0.25, 0.3) is 0 Å². The maximum atomic E-state index is 11.7. The summed E-state index contributed by atoms with van der Waals surface area (Å²) in [6.07, 6.45) is 2.92. The second-order valence-electron chi connectivity index (χ2n) is 7.20. The van der Waals surface area contributed by atoms with Crippen LogP contribution in [0.4, 0.5) is 21.0 Å². The number of benzene rings is 2. The maximum Gasteiger partial charge on any atom is 0.325 e. The number of unbranched alkanes of at least 4 members (excludes halogenated alkanes) is 3. The monoisotopic (exact) mass is 470 g/mol. The number of ether oxygens (including phenoxy) is 2. The van der Waals surface area contributed by atoms with Gasteiger partial charge in [-0.3, -0.25) is 9.59 Å². The van der Waals surface area contributed by atoms with Gasteiger partial charge in [-0.2, -0.15) is 0 Å². The van der Waals surface area contributed by atoms with Gasteiger partial charge in [0.2, 0.25) is 0 Å². The van der Waals surface area contributed by atoms with Gasteiger partial charge in [-0.05, 0) is 49.9 Å². The van der Waals surface area contributed by atoms with E-state index in [1.165, 1.54) is 0 Å². The molecule has 0 aliphatic carbocycles. The minimum absolute atomic E-state index is 0.216. The lowest BCUT2D eigenvalue weighted by Gasteiger charge is -2.09. The molecule has 4 N–H and O–H groups in total. The molecule has 0 atom stereocenters. The molecule has 2 aromatic carbocycles. The van der Waals surface area contributed by atoms with Gasteiger partial charge in [-0.25, -0.2) is 9.59 Å². The highest BCUT2D eigenvalue weighted by Crippen LogP contribution is 2.05. The minimum Gasteiger partial charge on any atom is -0.464 e. The van der Waals surface area contributed by atoms with Crippen LogP contribution in [0.1, 0.15) is 25.7 Å². The van der Waals surface area contributed by atoms with E-state index < -0.39 is 24.0 Å². The van der Waals surface area contributed by atoms with Crippen molar-refractivity contribution in [3.8, 4) is 0 Å². The van der Waals surface area contributed by atoms with Crippen molar-refractivity contribution in [3.63, 3.8) is 0 Å². The van der Waals surface area contributed by atoms with E-state index in [2.05, 4.69) is 21.3 Å². The van der Waals surface area contributed by atoms with Crippen molar-refractivity contribution < 1.29 is 28.7 Å². The molecule has 0 unspecified atom stereocenters. The number of hydrogen-bond acceptors (Lipinski definition) is 6. The molecule has 10 heteroatoms. The Morgan fingerprint density at radius 2 is 0.941 bits per heavy atom. The first-order chi connectivity index (χ1) is 16.5. The maximum absolute atomic E-state index is 11.7. The Bertz CT molecular complexity index is 833. The van der Waals surface area contributed by atoms with Gasteiger partial charge in [0.1, 0.15) is 13.1 Å². The summed E-state index contributed by atoms with van der Waals surface area (Å²) in [4.78, 5) is 46.7. The van der Waals surface area contributed by atoms with Crippen LogP contribution in [0.5, 0.6) is 0 Å². The van der Waals surface area contributed by atoms with Gasteiger partial charge in [0.05, 0.1) is 13.2 Å². The summed E-state index contributed by atoms with van der Waals surface area (Å²) in [5.74, 6) is -1.03. The number of amides is 4. The zero-order valence-electron chi connectivity index (χ0n) is 18.9. The van der Waals surface area contributed by atoms with Crippen LogP contribution < -0.4 is 21.3 Å². The SMILES string of the molecule is O=C(NCC(=O)OCCCCCCOC(=O)CNC(=O)Nc1ccccc1)Nc1ccccc1. The Labute approximate surface area is 198 Å². The molecule has 4 amide bonds. The zero-order chi connectivity index (χ0) is 24.4. The molecule has 0 bridgehead atoms. The Morgan fingerprint density at radius 3 is 1.32 bits per heavy atom. The summed E-state index contributed by atoms with van der Waals surface area (Å²) in [6.45, 7) is 0.0696. The van der Waals surface area contributed by atoms with E-state index in [4.69, 9.17) is 9.47 Å². The Morgan fingerprint density at radius 1 is 0.559 bits per heavy atom. The van der Waals surface area contributed by atoms with Crippen LogP contribution in [-0.4, -0.2) is 50.3 Å². The number of carbonyl (C=O) groups excluding carboxylic acids is 4. The second-order valence-corrected chi connectivity index (χ2v) is 7.20. The highest BCUT2D eigenvalue weighted by molar-refractivity contribution is 5.92. The summed E-state index contributed by atoms with van der Waals surface area (Å²) in [7, 11) is 0. The van der Waals surface area contributed by atoms with Gasteiger partial charge in [0, 0.05) is 11.4 Å². The summed E-state index contributed by atoms with van der Waals surface area (Å²) < 4.78 is 10.1. The molecule has 10 nitrogen and oxygen atoms in total. The van der Waals surface area contributed by atoms with E-state index in [1.807, 2.05) is 12.1 Å². The topological polar surface area (TPSA) is 135 Å². The number of para-hydroxylation sites is 2. The molecule has 0 fully saturated rings. The van der Waals surface area contributed by atoms with Crippen molar-refractivity contribution in [1.82, 2.24) is 10.6 Å². The van der Waals surface area contributed by atoms with Crippen molar-refractivity contribution >= 4 is 35.4 Å². The average molecular weight is 471 g/mol. The molecular formula is C24H30N4O6. The zero-order valence-corrected chi connectivity index (χ0v) is 18.9. The first kappa shape index (κ1) is 26.2. The minimum atomic E-state index is -0.513. The molecule has 0 saturated heterocycles. The quantitative estimate of drug-likeness (QED) is 0.262. The fourth-order valence-corrected chi connectivity index (χ4v) is 2.73. The summed E-state index contributed by atoms with van der Waals surface area (Å²) in [5, 5.41) is 10.1. The molecule has 2 aromatic rings. The van der Waals surface area contributed by atoms with Gasteiger partial charge < -0.3 is 30.7 Å². The van der Waals surface area contributed by atoms with E-state index in [0.717, 1.165) is 12.8 Å². The van der Waals surface area contributed by atoms with E-state index in [0.29, 0.717) is 24.2 Å². The molecule has 0 aromatic heterocycles. The van der Waals surface area contributed by atoms with Crippen molar-refractivity contribution in [3.05, 3.63) is 60.7 Å². The summed E-state index contributed by atoms with van der Waals surface area (Å²) >= 11 is 0. The Hall–Kier alpha value is -4.08. The van der Waals surface area contributed by atoms with Crippen LogP contribution in [0.2, 0.25) is 0 Å². The van der Waals surface area contributed by atoms with Crippen LogP contribution in [0, 0.1) is 0 Å². The number of anilines is 2. The number of hydrogen-bond donors (Lipinski definition) is 4. The van der Waals surface area contributed by atoms with Crippen LogP contribution in [-0.2, 0) is 19.1 Å². The van der Waals surface area contributed by atoms with Crippen molar-refractivity contribution in [2.45, 2.75) is 25.7 Å². The normalized spacial score (nSPS) is 10.0. The van der Waals surface area contributed by atoms with Crippen molar-refractivity contribution in [2.75, 3.05) is 36.9 Å². The number of rotatable bonds is 13. The Balaban J connectivity index is 1.39. The Kier molecular flexibility index (Phi) is 12.1. The predicted molar refractivity (Wildman–Crippen MR) is 127 cm³/mol. The van der Waals surface area contributed by atoms with Crippen LogP contribution in [0.3, 0.4) is 0 Å². The average Bonchev–Trinajstić information content (AvgIpc) is 2.84. The molecule has 0 heterocycles. The first-order valence-electron chi connectivity index (χ1n) is 11.0. The fraction of sp³-hybridized carbons (Fsp3) is 0.333. The van der Waals surface area contributed by atoms with Crippen molar-refractivity contribution in [2.24, 2.45) is 0 Å². The summed E-state index contributed by atoms with van der Waals surface area (Å²) in [5.41, 5.74) is 1.26. The molecular weight excluding hydrogens is 440 g/mol. The second kappa shape index (κ2) is 15.7. The lowest BCUT2D eigenvalue weighted by Crippen LogP contribution is -2.34. The standard InChI is InChI=1S/C24H30N4O6/c29-21(17-25-23(31)27-19-11-5-3-6-12-19)33-15-9-1-2-10-16-34-22(30)18-26-24(32)28-20-13-7-4-8-14-20/h3-8,11-14H,1-2,9-10,15-18H2,(H2,25,27,31)(H2,26,28,32). The third-order valence-electron chi connectivity index (χ3n) is 4.41. The molecule has 0 aliphatic rings. The molecule has 2 rings (SSSR count).